The minimum absolute atomic E-state index is 0.0940. The summed E-state index contributed by atoms with van der Waals surface area (Å²) in [6.07, 6.45) is 2.14. The van der Waals surface area contributed by atoms with E-state index < -0.39 is 0 Å². The lowest BCUT2D eigenvalue weighted by atomic mass is 10.2. The van der Waals surface area contributed by atoms with Gasteiger partial charge in [-0.05, 0) is 44.0 Å². The van der Waals surface area contributed by atoms with Crippen molar-refractivity contribution in [1.82, 2.24) is 15.3 Å². The fraction of sp³-hybridized carbons (Fsp3) is 0.389. The molecular formula is C18H20ClN3O3. The van der Waals surface area contributed by atoms with Gasteiger partial charge in [0, 0.05) is 35.5 Å². The van der Waals surface area contributed by atoms with Gasteiger partial charge in [0.25, 0.3) is 5.91 Å². The Hall–Kier alpha value is -2.18. The molecule has 1 fully saturated rings. The van der Waals surface area contributed by atoms with Crippen LogP contribution in [-0.2, 0) is 9.53 Å². The Morgan fingerprint density at radius 2 is 2.16 bits per heavy atom. The van der Waals surface area contributed by atoms with Crippen LogP contribution < -0.4 is 10.1 Å². The van der Waals surface area contributed by atoms with Gasteiger partial charge in [0.05, 0.1) is 6.10 Å². The van der Waals surface area contributed by atoms with Gasteiger partial charge in [0.15, 0.2) is 12.4 Å². The molecule has 1 aliphatic heterocycles. The summed E-state index contributed by atoms with van der Waals surface area (Å²) in [5.74, 6) is 0.705. The van der Waals surface area contributed by atoms with Gasteiger partial charge in [0.2, 0.25) is 5.88 Å². The van der Waals surface area contributed by atoms with E-state index in [9.17, 15) is 4.79 Å². The highest BCUT2D eigenvalue weighted by Gasteiger charge is 2.16. The van der Waals surface area contributed by atoms with Gasteiger partial charge >= 0.3 is 0 Å². The van der Waals surface area contributed by atoms with Crippen molar-refractivity contribution >= 4 is 17.5 Å². The molecule has 0 saturated carbocycles. The molecule has 1 aromatic carbocycles. The minimum Gasteiger partial charge on any atom is -0.467 e. The van der Waals surface area contributed by atoms with Gasteiger partial charge in [-0.2, -0.15) is 4.98 Å². The van der Waals surface area contributed by atoms with Crippen molar-refractivity contribution in [2.75, 3.05) is 19.8 Å². The molecule has 6 nitrogen and oxygen atoms in total. The third kappa shape index (κ3) is 5.14. The van der Waals surface area contributed by atoms with E-state index in [0.29, 0.717) is 23.3 Å². The Balaban J connectivity index is 1.58. The fourth-order valence-corrected chi connectivity index (χ4v) is 2.69. The van der Waals surface area contributed by atoms with E-state index in [4.69, 9.17) is 21.1 Å². The Bertz CT molecular complexity index is 731. The van der Waals surface area contributed by atoms with Crippen molar-refractivity contribution in [3.05, 3.63) is 41.0 Å². The molecule has 0 unspecified atom stereocenters. The summed E-state index contributed by atoms with van der Waals surface area (Å²) >= 11 is 5.90. The topological polar surface area (TPSA) is 73.3 Å². The number of nitrogens with zero attached hydrogens (tertiary/aromatic N) is 2. The van der Waals surface area contributed by atoms with E-state index in [1.54, 1.807) is 18.2 Å². The van der Waals surface area contributed by atoms with Crippen molar-refractivity contribution in [3.63, 3.8) is 0 Å². The number of carbonyl (C=O) groups is 1. The smallest absolute Gasteiger partial charge is 0.258 e. The van der Waals surface area contributed by atoms with E-state index in [1.807, 2.05) is 19.1 Å². The molecule has 0 radical (unpaired) electrons. The van der Waals surface area contributed by atoms with E-state index in [2.05, 4.69) is 15.3 Å². The summed E-state index contributed by atoms with van der Waals surface area (Å²) in [5.41, 5.74) is 1.59. The zero-order valence-corrected chi connectivity index (χ0v) is 14.8. The minimum atomic E-state index is -0.195. The second-order valence-corrected chi connectivity index (χ2v) is 6.34. The molecular weight excluding hydrogens is 342 g/mol. The number of rotatable bonds is 6. The van der Waals surface area contributed by atoms with Crippen molar-refractivity contribution in [2.24, 2.45) is 0 Å². The highest BCUT2D eigenvalue weighted by molar-refractivity contribution is 6.30. The monoisotopic (exact) mass is 361 g/mol. The predicted molar refractivity (Wildman–Crippen MR) is 94.7 cm³/mol. The first kappa shape index (κ1) is 17.6. The highest BCUT2D eigenvalue weighted by Crippen LogP contribution is 2.21. The number of aryl methyl sites for hydroxylation is 1. The first-order chi connectivity index (χ1) is 12.1. The second-order valence-electron chi connectivity index (χ2n) is 5.91. The SMILES string of the molecule is Cc1cc(OCC(=O)NC[C@@H]2CCCO2)nc(-c2ccc(Cl)cc2)n1. The number of carbonyl (C=O) groups excluding carboxylic acids is 1. The van der Waals surface area contributed by atoms with Crippen molar-refractivity contribution in [3.8, 4) is 17.3 Å². The Labute approximate surface area is 151 Å². The largest absolute Gasteiger partial charge is 0.467 e. The molecule has 25 heavy (non-hydrogen) atoms. The Kier molecular flexibility index (Phi) is 5.83. The number of benzene rings is 1. The van der Waals surface area contributed by atoms with Crippen LogP contribution in [0.15, 0.2) is 30.3 Å². The molecule has 1 atom stereocenters. The number of halogens is 1. The lowest BCUT2D eigenvalue weighted by Gasteiger charge is -2.11. The summed E-state index contributed by atoms with van der Waals surface area (Å²) < 4.78 is 11.0. The van der Waals surface area contributed by atoms with Crippen LogP contribution in [0.1, 0.15) is 18.5 Å². The van der Waals surface area contributed by atoms with Crippen molar-refractivity contribution in [2.45, 2.75) is 25.9 Å². The van der Waals surface area contributed by atoms with Crippen molar-refractivity contribution in [1.29, 1.82) is 0 Å². The summed E-state index contributed by atoms with van der Waals surface area (Å²) in [5, 5.41) is 3.46. The zero-order chi connectivity index (χ0) is 17.6. The molecule has 1 N–H and O–H groups in total. The molecule has 0 bridgehead atoms. The molecule has 1 aliphatic rings. The average molecular weight is 362 g/mol. The van der Waals surface area contributed by atoms with E-state index in [1.165, 1.54) is 0 Å². The summed E-state index contributed by atoms with van der Waals surface area (Å²) in [6.45, 7) is 3.04. The zero-order valence-electron chi connectivity index (χ0n) is 14.0. The van der Waals surface area contributed by atoms with Crippen LogP contribution in [0.5, 0.6) is 5.88 Å². The lowest BCUT2D eigenvalue weighted by Crippen LogP contribution is -2.35. The van der Waals surface area contributed by atoms with Gasteiger partial charge in [-0.15, -0.1) is 0 Å². The van der Waals surface area contributed by atoms with E-state index in [-0.39, 0.29) is 18.6 Å². The van der Waals surface area contributed by atoms with E-state index in [0.717, 1.165) is 30.7 Å². The summed E-state index contributed by atoms with van der Waals surface area (Å²) in [7, 11) is 0. The maximum absolute atomic E-state index is 11.9. The Morgan fingerprint density at radius 3 is 2.88 bits per heavy atom. The average Bonchev–Trinajstić information content (AvgIpc) is 3.12. The third-order valence-electron chi connectivity index (χ3n) is 3.84. The molecule has 3 rings (SSSR count). The molecule has 7 heteroatoms. The molecule has 1 aromatic heterocycles. The second kappa shape index (κ2) is 8.27. The van der Waals surface area contributed by atoms with Crippen LogP contribution in [0.25, 0.3) is 11.4 Å². The van der Waals surface area contributed by atoms with Crippen LogP contribution in [-0.4, -0.2) is 41.7 Å². The van der Waals surface area contributed by atoms with Crippen LogP contribution in [0, 0.1) is 6.92 Å². The summed E-state index contributed by atoms with van der Waals surface area (Å²) in [4.78, 5) is 20.7. The van der Waals surface area contributed by atoms with Crippen LogP contribution in [0.2, 0.25) is 5.02 Å². The number of hydrogen-bond donors (Lipinski definition) is 1. The van der Waals surface area contributed by atoms with Crippen molar-refractivity contribution < 1.29 is 14.3 Å². The quantitative estimate of drug-likeness (QED) is 0.856. The van der Waals surface area contributed by atoms with Gasteiger partial charge in [0.1, 0.15) is 0 Å². The van der Waals surface area contributed by atoms with Gasteiger partial charge in [-0.25, -0.2) is 4.98 Å². The Morgan fingerprint density at radius 1 is 1.36 bits per heavy atom. The molecule has 1 amide bonds. The molecule has 0 spiro atoms. The van der Waals surface area contributed by atoms with Gasteiger partial charge in [-0.1, -0.05) is 11.6 Å². The first-order valence-corrected chi connectivity index (χ1v) is 8.60. The van der Waals surface area contributed by atoms with Crippen LogP contribution in [0.4, 0.5) is 0 Å². The molecule has 2 heterocycles. The van der Waals surface area contributed by atoms with Gasteiger partial charge in [-0.3, -0.25) is 4.79 Å². The number of hydrogen-bond acceptors (Lipinski definition) is 5. The number of amides is 1. The maximum atomic E-state index is 11.9. The lowest BCUT2D eigenvalue weighted by molar-refractivity contribution is -0.123. The maximum Gasteiger partial charge on any atom is 0.258 e. The normalized spacial score (nSPS) is 16.6. The molecule has 0 aliphatic carbocycles. The van der Waals surface area contributed by atoms with Gasteiger partial charge < -0.3 is 14.8 Å². The highest BCUT2D eigenvalue weighted by atomic mass is 35.5. The predicted octanol–water partition coefficient (Wildman–Crippen LogP) is 2.78. The van der Waals surface area contributed by atoms with Crippen LogP contribution >= 0.6 is 11.6 Å². The molecule has 1 saturated heterocycles. The number of ether oxygens (including phenoxy) is 2. The van der Waals surface area contributed by atoms with Crippen LogP contribution in [0.3, 0.4) is 0 Å². The molecule has 132 valence electrons. The summed E-state index contributed by atoms with van der Waals surface area (Å²) in [6, 6.07) is 8.94. The number of aromatic nitrogens is 2. The van der Waals surface area contributed by atoms with E-state index >= 15 is 0 Å². The third-order valence-corrected chi connectivity index (χ3v) is 4.09. The molecule has 2 aromatic rings. The number of nitrogens with one attached hydrogen (secondary N) is 1. The fourth-order valence-electron chi connectivity index (χ4n) is 2.57. The standard InChI is InChI=1S/C18H20ClN3O3/c1-12-9-17(22-18(21-12)13-4-6-14(19)7-5-13)25-11-16(23)20-10-15-3-2-8-24-15/h4-7,9,15H,2-3,8,10-11H2,1H3,(H,20,23)/t15-/m0/s1. The first-order valence-electron chi connectivity index (χ1n) is 8.23.